The molecule has 0 unspecified atom stereocenters. The highest BCUT2D eigenvalue weighted by molar-refractivity contribution is 5.79. The number of aromatic nitrogens is 1. The molecule has 8 heteroatoms. The van der Waals surface area contributed by atoms with Gasteiger partial charge in [-0.2, -0.15) is 0 Å². The van der Waals surface area contributed by atoms with Crippen LogP contribution in [0.4, 0.5) is 0 Å². The van der Waals surface area contributed by atoms with Gasteiger partial charge >= 0.3 is 0 Å². The summed E-state index contributed by atoms with van der Waals surface area (Å²) in [6, 6.07) is 8.06. The Hall–Kier alpha value is -2.58. The molecule has 160 valence electrons. The lowest BCUT2D eigenvalue weighted by Gasteiger charge is -2.16. The zero-order chi connectivity index (χ0) is 21.1. The number of methoxy groups -OCH3 is 1. The molecule has 0 atom stereocenters. The topological polar surface area (TPSA) is 84.2 Å². The Balaban J connectivity index is 1.76. The summed E-state index contributed by atoms with van der Waals surface area (Å²) in [4.78, 5) is 10.8. The number of benzene rings is 1. The van der Waals surface area contributed by atoms with Gasteiger partial charge < -0.3 is 29.4 Å². The molecule has 1 aromatic carbocycles. The highest BCUT2D eigenvalue weighted by Gasteiger charge is 2.07. The number of rotatable bonds is 11. The van der Waals surface area contributed by atoms with Crippen molar-refractivity contribution in [2.75, 3.05) is 47.5 Å². The number of hydrogen-bond acceptors (Lipinski definition) is 6. The largest absolute Gasteiger partial charge is 0.492 e. The van der Waals surface area contributed by atoms with E-state index in [-0.39, 0.29) is 0 Å². The van der Waals surface area contributed by atoms with Gasteiger partial charge in [0.05, 0.1) is 18.8 Å². The van der Waals surface area contributed by atoms with Gasteiger partial charge in [0.15, 0.2) is 5.96 Å². The highest BCUT2D eigenvalue weighted by Crippen LogP contribution is 2.13. The molecule has 8 nitrogen and oxygen atoms in total. The van der Waals surface area contributed by atoms with Crippen molar-refractivity contribution in [3.05, 3.63) is 47.2 Å². The first-order chi connectivity index (χ1) is 14.0. The first-order valence-electron chi connectivity index (χ1n) is 9.78. The summed E-state index contributed by atoms with van der Waals surface area (Å²) < 4.78 is 16.5. The number of aliphatic imine (C=N–C) groups is 1. The zero-order valence-corrected chi connectivity index (χ0v) is 18.1. The van der Waals surface area contributed by atoms with Crippen molar-refractivity contribution in [2.24, 2.45) is 4.99 Å². The van der Waals surface area contributed by atoms with Crippen molar-refractivity contribution >= 4 is 5.96 Å². The van der Waals surface area contributed by atoms with Crippen LogP contribution in [0.2, 0.25) is 0 Å². The van der Waals surface area contributed by atoms with Crippen LogP contribution in [0.3, 0.4) is 0 Å². The van der Waals surface area contributed by atoms with Gasteiger partial charge in [0.1, 0.15) is 18.1 Å². The highest BCUT2D eigenvalue weighted by atomic mass is 16.5. The first-order valence-corrected chi connectivity index (χ1v) is 9.78. The molecular weight excluding hydrogens is 370 g/mol. The van der Waals surface area contributed by atoms with Gasteiger partial charge in [-0.1, -0.05) is 12.1 Å². The number of guanidine groups is 1. The summed E-state index contributed by atoms with van der Waals surface area (Å²) in [5, 5.41) is 6.50. The maximum absolute atomic E-state index is 5.87. The molecule has 0 saturated carbocycles. The maximum atomic E-state index is 5.87. The van der Waals surface area contributed by atoms with Crippen LogP contribution >= 0.6 is 0 Å². The van der Waals surface area contributed by atoms with Gasteiger partial charge in [-0.15, -0.1) is 0 Å². The van der Waals surface area contributed by atoms with Crippen molar-refractivity contribution in [3.8, 4) is 5.75 Å². The molecule has 2 aromatic rings. The molecule has 0 aliphatic rings. The summed E-state index contributed by atoms with van der Waals surface area (Å²) in [5.74, 6) is 3.03. The number of nitrogens with zero attached hydrogens (tertiary/aromatic N) is 3. The fourth-order valence-electron chi connectivity index (χ4n) is 2.60. The van der Waals surface area contributed by atoms with Crippen LogP contribution in [0.25, 0.3) is 0 Å². The standard InChI is InChI=1S/C21H33N5O3/c1-16-17(2)29-20(25-16)15-24-21(22-3)23-14-18-7-6-8-19(13-18)28-12-10-26(4)9-11-27-5/h6-8,13H,9-12,14-15H2,1-5H3,(H2,22,23,24). The average molecular weight is 404 g/mol. The van der Waals surface area contributed by atoms with Gasteiger partial charge in [-0.3, -0.25) is 4.99 Å². The molecule has 0 bridgehead atoms. The Morgan fingerprint density at radius 1 is 1.17 bits per heavy atom. The molecule has 2 N–H and O–H groups in total. The minimum absolute atomic E-state index is 0.480. The van der Waals surface area contributed by atoms with Crippen molar-refractivity contribution in [1.29, 1.82) is 0 Å². The van der Waals surface area contributed by atoms with E-state index in [9.17, 15) is 0 Å². The molecule has 2 rings (SSSR count). The average Bonchev–Trinajstić information content (AvgIpc) is 3.04. The summed E-state index contributed by atoms with van der Waals surface area (Å²) in [5.41, 5.74) is 2.02. The van der Waals surface area contributed by atoms with Crippen LogP contribution in [-0.2, 0) is 17.8 Å². The van der Waals surface area contributed by atoms with Crippen LogP contribution < -0.4 is 15.4 Å². The van der Waals surface area contributed by atoms with Crippen LogP contribution in [-0.4, -0.2) is 63.4 Å². The predicted octanol–water partition coefficient (Wildman–Crippen LogP) is 2.11. The number of likely N-dealkylation sites (N-methyl/N-ethyl adjacent to an activating group) is 1. The van der Waals surface area contributed by atoms with Crippen LogP contribution in [0.1, 0.15) is 22.9 Å². The minimum atomic E-state index is 0.480. The number of hydrogen-bond donors (Lipinski definition) is 2. The Morgan fingerprint density at radius 3 is 2.62 bits per heavy atom. The maximum Gasteiger partial charge on any atom is 0.214 e. The molecule has 0 aliphatic heterocycles. The van der Waals surface area contributed by atoms with Crippen molar-refractivity contribution < 1.29 is 13.9 Å². The lowest BCUT2D eigenvalue weighted by molar-refractivity contribution is 0.150. The Labute approximate surface area is 173 Å². The van der Waals surface area contributed by atoms with Gasteiger partial charge in [0.2, 0.25) is 5.89 Å². The number of oxazole rings is 1. The van der Waals surface area contributed by atoms with Gasteiger partial charge in [0.25, 0.3) is 0 Å². The van der Waals surface area contributed by atoms with Crippen molar-refractivity contribution in [2.45, 2.75) is 26.9 Å². The molecule has 0 radical (unpaired) electrons. The van der Waals surface area contributed by atoms with Gasteiger partial charge in [0, 0.05) is 33.8 Å². The third kappa shape index (κ3) is 8.13. The van der Waals surface area contributed by atoms with Crippen LogP contribution in [0.5, 0.6) is 5.75 Å². The summed E-state index contributed by atoms with van der Waals surface area (Å²) in [6.07, 6.45) is 0. The Kier molecular flexibility index (Phi) is 9.46. The molecular formula is C21H33N5O3. The van der Waals surface area contributed by atoms with E-state index in [1.165, 1.54) is 0 Å². The zero-order valence-electron chi connectivity index (χ0n) is 18.1. The molecule has 0 saturated heterocycles. The van der Waals surface area contributed by atoms with Crippen molar-refractivity contribution in [3.63, 3.8) is 0 Å². The lowest BCUT2D eigenvalue weighted by Crippen LogP contribution is -2.36. The predicted molar refractivity (Wildman–Crippen MR) is 114 cm³/mol. The van der Waals surface area contributed by atoms with E-state index in [4.69, 9.17) is 13.9 Å². The molecule has 0 spiro atoms. The normalized spacial score (nSPS) is 11.7. The Bertz CT molecular complexity index is 756. The molecule has 1 aromatic heterocycles. The van der Waals surface area contributed by atoms with Gasteiger partial charge in [-0.05, 0) is 38.6 Å². The van der Waals surface area contributed by atoms with E-state index in [1.807, 2.05) is 32.0 Å². The number of nitrogens with one attached hydrogen (secondary N) is 2. The monoisotopic (exact) mass is 403 g/mol. The third-order valence-electron chi connectivity index (χ3n) is 4.48. The summed E-state index contributed by atoms with van der Waals surface area (Å²) in [6.45, 7) is 8.05. The summed E-state index contributed by atoms with van der Waals surface area (Å²) in [7, 11) is 5.51. The van der Waals surface area contributed by atoms with Crippen LogP contribution in [0.15, 0.2) is 33.7 Å². The first kappa shape index (κ1) is 22.7. The van der Waals surface area contributed by atoms with E-state index in [2.05, 4.69) is 38.6 Å². The molecule has 0 aliphatic carbocycles. The third-order valence-corrected chi connectivity index (χ3v) is 4.48. The van der Waals surface area contributed by atoms with Crippen LogP contribution in [0, 0.1) is 13.8 Å². The fourth-order valence-corrected chi connectivity index (χ4v) is 2.60. The number of aryl methyl sites for hydroxylation is 2. The summed E-state index contributed by atoms with van der Waals surface area (Å²) >= 11 is 0. The van der Waals surface area contributed by atoms with Gasteiger partial charge in [-0.25, -0.2) is 4.98 Å². The van der Waals surface area contributed by atoms with E-state index < -0.39 is 0 Å². The molecule has 0 amide bonds. The second-order valence-corrected chi connectivity index (χ2v) is 6.82. The second-order valence-electron chi connectivity index (χ2n) is 6.82. The molecule has 0 fully saturated rings. The van der Waals surface area contributed by atoms with E-state index in [1.54, 1.807) is 14.2 Å². The fraction of sp³-hybridized carbons (Fsp3) is 0.524. The lowest BCUT2D eigenvalue weighted by atomic mass is 10.2. The molecule has 1 heterocycles. The van der Waals surface area contributed by atoms with E-state index >= 15 is 0 Å². The number of ether oxygens (including phenoxy) is 2. The smallest absolute Gasteiger partial charge is 0.214 e. The van der Waals surface area contributed by atoms with E-state index in [0.717, 1.165) is 42.5 Å². The van der Waals surface area contributed by atoms with E-state index in [0.29, 0.717) is 31.5 Å². The minimum Gasteiger partial charge on any atom is -0.492 e. The second kappa shape index (κ2) is 12.1. The Morgan fingerprint density at radius 2 is 1.93 bits per heavy atom. The molecule has 29 heavy (non-hydrogen) atoms. The SMILES string of the molecule is CN=C(NCc1cccc(OCCN(C)CCOC)c1)NCc1nc(C)c(C)o1. The quantitative estimate of drug-likeness (QED) is 0.439. The van der Waals surface area contributed by atoms with Crippen molar-refractivity contribution in [1.82, 2.24) is 20.5 Å².